The molecule has 4 rings (SSSR count). The number of anilines is 2. The number of aryl methyl sites for hydroxylation is 2. The summed E-state index contributed by atoms with van der Waals surface area (Å²) >= 11 is 0. The van der Waals surface area contributed by atoms with Gasteiger partial charge in [-0.3, -0.25) is 4.90 Å². The Kier molecular flexibility index (Phi) is 4.78. The van der Waals surface area contributed by atoms with E-state index in [2.05, 4.69) is 35.0 Å². The number of hydrogen-bond acceptors (Lipinski definition) is 3. The molecule has 26 heavy (non-hydrogen) atoms. The Morgan fingerprint density at radius 3 is 2.62 bits per heavy atom. The SMILES string of the molecule is Cc1ccc2c(c1)CCCCN2C(=O)N1CCN(c2ccccn2)CC1. The van der Waals surface area contributed by atoms with E-state index in [1.165, 1.54) is 11.1 Å². The molecule has 0 aliphatic carbocycles. The molecule has 2 aromatic rings. The minimum absolute atomic E-state index is 0.151. The smallest absolute Gasteiger partial charge is 0.324 e. The van der Waals surface area contributed by atoms with Crippen LogP contribution in [-0.4, -0.2) is 48.6 Å². The zero-order valence-corrected chi connectivity index (χ0v) is 15.4. The minimum Gasteiger partial charge on any atom is -0.353 e. The van der Waals surface area contributed by atoms with Gasteiger partial charge in [-0.15, -0.1) is 0 Å². The second kappa shape index (κ2) is 7.36. The number of rotatable bonds is 1. The first-order valence-corrected chi connectivity index (χ1v) is 9.54. The quantitative estimate of drug-likeness (QED) is 0.790. The van der Waals surface area contributed by atoms with Gasteiger partial charge in [-0.2, -0.15) is 0 Å². The Hall–Kier alpha value is -2.56. The van der Waals surface area contributed by atoms with Crippen LogP contribution >= 0.6 is 0 Å². The summed E-state index contributed by atoms with van der Waals surface area (Å²) in [6, 6.07) is 12.6. The standard InChI is InChI=1S/C21H26N4O/c1-17-8-9-19-18(16-17)6-3-5-11-25(19)21(26)24-14-12-23(13-15-24)20-7-2-4-10-22-20/h2,4,7-10,16H,3,5-6,11-15H2,1H3. The van der Waals surface area contributed by atoms with Gasteiger partial charge >= 0.3 is 6.03 Å². The van der Waals surface area contributed by atoms with Gasteiger partial charge in [-0.1, -0.05) is 23.8 Å². The second-order valence-electron chi connectivity index (χ2n) is 7.19. The first kappa shape index (κ1) is 16.9. The summed E-state index contributed by atoms with van der Waals surface area (Å²) in [6.07, 6.45) is 5.10. The minimum atomic E-state index is 0.151. The number of aromatic nitrogens is 1. The van der Waals surface area contributed by atoms with Crippen molar-refractivity contribution < 1.29 is 4.79 Å². The average Bonchev–Trinajstić information content (AvgIpc) is 2.90. The summed E-state index contributed by atoms with van der Waals surface area (Å²) < 4.78 is 0. The van der Waals surface area contributed by atoms with Crippen LogP contribution in [0.5, 0.6) is 0 Å². The van der Waals surface area contributed by atoms with E-state index >= 15 is 0 Å². The maximum Gasteiger partial charge on any atom is 0.324 e. The molecule has 3 heterocycles. The van der Waals surface area contributed by atoms with Gasteiger partial charge in [0.15, 0.2) is 0 Å². The Morgan fingerprint density at radius 1 is 1.00 bits per heavy atom. The molecule has 5 nitrogen and oxygen atoms in total. The Morgan fingerprint density at radius 2 is 1.85 bits per heavy atom. The van der Waals surface area contributed by atoms with Crippen LogP contribution in [0.25, 0.3) is 0 Å². The van der Waals surface area contributed by atoms with Crippen LogP contribution in [0.2, 0.25) is 0 Å². The lowest BCUT2D eigenvalue weighted by atomic mass is 10.0. The highest BCUT2D eigenvalue weighted by Crippen LogP contribution is 2.28. The van der Waals surface area contributed by atoms with Gasteiger partial charge in [0.05, 0.1) is 0 Å². The van der Waals surface area contributed by atoms with Crippen molar-refractivity contribution in [3.8, 4) is 0 Å². The first-order chi connectivity index (χ1) is 12.7. The van der Waals surface area contributed by atoms with Gasteiger partial charge in [0.2, 0.25) is 0 Å². The summed E-state index contributed by atoms with van der Waals surface area (Å²) in [5.41, 5.74) is 3.68. The van der Waals surface area contributed by atoms with Crippen molar-refractivity contribution in [2.45, 2.75) is 26.2 Å². The number of piperazine rings is 1. The van der Waals surface area contributed by atoms with E-state index in [-0.39, 0.29) is 6.03 Å². The maximum atomic E-state index is 13.2. The first-order valence-electron chi connectivity index (χ1n) is 9.54. The summed E-state index contributed by atoms with van der Waals surface area (Å²) in [5.74, 6) is 0.996. The van der Waals surface area contributed by atoms with Crippen molar-refractivity contribution in [2.75, 3.05) is 42.5 Å². The molecule has 1 saturated heterocycles. The van der Waals surface area contributed by atoms with Crippen molar-refractivity contribution in [3.05, 3.63) is 53.7 Å². The van der Waals surface area contributed by atoms with Crippen LogP contribution in [-0.2, 0) is 6.42 Å². The monoisotopic (exact) mass is 350 g/mol. The predicted molar refractivity (Wildman–Crippen MR) is 105 cm³/mol. The highest BCUT2D eigenvalue weighted by Gasteiger charge is 2.28. The van der Waals surface area contributed by atoms with Crippen molar-refractivity contribution in [1.29, 1.82) is 0 Å². The van der Waals surface area contributed by atoms with Crippen LogP contribution in [0.1, 0.15) is 24.0 Å². The van der Waals surface area contributed by atoms with Crippen LogP contribution < -0.4 is 9.80 Å². The molecule has 1 fully saturated rings. The molecule has 5 heteroatoms. The van der Waals surface area contributed by atoms with Crippen molar-refractivity contribution >= 4 is 17.5 Å². The van der Waals surface area contributed by atoms with Gasteiger partial charge in [0.1, 0.15) is 5.82 Å². The fourth-order valence-corrected chi connectivity index (χ4v) is 3.92. The molecule has 0 saturated carbocycles. The zero-order chi connectivity index (χ0) is 17.9. The fraction of sp³-hybridized carbons (Fsp3) is 0.429. The zero-order valence-electron chi connectivity index (χ0n) is 15.4. The molecular formula is C21H26N4O. The predicted octanol–water partition coefficient (Wildman–Crippen LogP) is 3.47. The number of carbonyl (C=O) groups is 1. The number of fused-ring (bicyclic) bond motifs is 1. The van der Waals surface area contributed by atoms with Gasteiger partial charge in [-0.25, -0.2) is 9.78 Å². The number of nitrogens with zero attached hydrogens (tertiary/aromatic N) is 4. The van der Waals surface area contributed by atoms with Crippen molar-refractivity contribution in [1.82, 2.24) is 9.88 Å². The van der Waals surface area contributed by atoms with Crippen LogP contribution in [0.3, 0.4) is 0 Å². The number of hydrogen-bond donors (Lipinski definition) is 0. The van der Waals surface area contributed by atoms with E-state index in [1.807, 2.05) is 34.2 Å². The van der Waals surface area contributed by atoms with Crippen LogP contribution in [0.15, 0.2) is 42.6 Å². The molecule has 0 radical (unpaired) electrons. The third kappa shape index (κ3) is 3.39. The van der Waals surface area contributed by atoms with E-state index in [9.17, 15) is 4.79 Å². The average molecular weight is 350 g/mol. The third-order valence-electron chi connectivity index (χ3n) is 5.36. The molecule has 2 aliphatic rings. The molecule has 2 aliphatic heterocycles. The van der Waals surface area contributed by atoms with Gasteiger partial charge in [0.25, 0.3) is 0 Å². The van der Waals surface area contributed by atoms with E-state index in [4.69, 9.17) is 0 Å². The lowest BCUT2D eigenvalue weighted by Gasteiger charge is -2.38. The summed E-state index contributed by atoms with van der Waals surface area (Å²) in [4.78, 5) is 23.9. The Bertz CT molecular complexity index is 769. The van der Waals surface area contributed by atoms with Crippen LogP contribution in [0.4, 0.5) is 16.3 Å². The van der Waals surface area contributed by atoms with Gasteiger partial charge in [-0.05, 0) is 49.9 Å². The topological polar surface area (TPSA) is 39.7 Å². The number of benzene rings is 1. The molecule has 0 atom stereocenters. The molecule has 0 unspecified atom stereocenters. The van der Waals surface area contributed by atoms with E-state index in [1.54, 1.807) is 0 Å². The lowest BCUT2D eigenvalue weighted by molar-refractivity contribution is 0.201. The molecule has 0 bridgehead atoms. The highest BCUT2D eigenvalue weighted by molar-refractivity contribution is 5.93. The molecule has 0 spiro atoms. The third-order valence-corrected chi connectivity index (χ3v) is 5.36. The number of carbonyl (C=O) groups excluding carboxylic acids is 1. The second-order valence-corrected chi connectivity index (χ2v) is 7.19. The molecule has 1 aromatic heterocycles. The number of urea groups is 1. The largest absolute Gasteiger partial charge is 0.353 e. The Labute approximate surface area is 155 Å². The van der Waals surface area contributed by atoms with E-state index in [0.29, 0.717) is 0 Å². The highest BCUT2D eigenvalue weighted by atomic mass is 16.2. The van der Waals surface area contributed by atoms with Gasteiger partial charge < -0.3 is 9.80 Å². The fourth-order valence-electron chi connectivity index (χ4n) is 3.92. The van der Waals surface area contributed by atoms with E-state index in [0.717, 1.165) is 63.5 Å². The molecule has 0 N–H and O–H groups in total. The maximum absolute atomic E-state index is 13.2. The van der Waals surface area contributed by atoms with Gasteiger partial charge in [0, 0.05) is 44.6 Å². The van der Waals surface area contributed by atoms with Crippen molar-refractivity contribution in [3.63, 3.8) is 0 Å². The summed E-state index contributed by atoms with van der Waals surface area (Å²) in [7, 11) is 0. The summed E-state index contributed by atoms with van der Waals surface area (Å²) in [5, 5.41) is 0. The van der Waals surface area contributed by atoms with Crippen LogP contribution in [0, 0.1) is 6.92 Å². The van der Waals surface area contributed by atoms with E-state index < -0.39 is 0 Å². The molecule has 1 aromatic carbocycles. The summed E-state index contributed by atoms with van der Waals surface area (Å²) in [6.45, 7) is 6.08. The molecule has 2 amide bonds. The molecule has 136 valence electrons. The normalized spacial score (nSPS) is 17.7. The van der Waals surface area contributed by atoms with Crippen molar-refractivity contribution in [2.24, 2.45) is 0 Å². The lowest BCUT2D eigenvalue weighted by Crippen LogP contribution is -2.53. The number of amides is 2. The number of pyridine rings is 1. The molecular weight excluding hydrogens is 324 g/mol. The Balaban J connectivity index is 1.47.